The van der Waals surface area contributed by atoms with Crippen molar-refractivity contribution in [3.05, 3.63) is 89.5 Å². The number of hydrogen-bond acceptors (Lipinski definition) is 5. The Morgan fingerprint density at radius 1 is 0.967 bits per heavy atom. The summed E-state index contributed by atoms with van der Waals surface area (Å²) in [5.41, 5.74) is 3.33. The van der Waals surface area contributed by atoms with Crippen molar-refractivity contribution in [1.82, 2.24) is 19.7 Å². The lowest BCUT2D eigenvalue weighted by Gasteiger charge is -2.10. The van der Waals surface area contributed by atoms with Crippen LogP contribution < -0.4 is 10.1 Å². The first-order valence-electron chi connectivity index (χ1n) is 9.50. The number of carbonyl (C=O) groups is 1. The minimum atomic E-state index is -0.138. The van der Waals surface area contributed by atoms with Gasteiger partial charge in [0.1, 0.15) is 11.6 Å². The van der Waals surface area contributed by atoms with Crippen molar-refractivity contribution < 1.29 is 9.53 Å². The van der Waals surface area contributed by atoms with Crippen molar-refractivity contribution in [2.75, 3.05) is 5.32 Å². The fourth-order valence-electron chi connectivity index (χ4n) is 3.02. The van der Waals surface area contributed by atoms with Crippen LogP contribution in [0.1, 0.15) is 27.3 Å². The number of nitrogens with one attached hydrogen (secondary N) is 1. The van der Waals surface area contributed by atoms with Crippen molar-refractivity contribution in [3.63, 3.8) is 0 Å². The molecule has 0 fully saturated rings. The van der Waals surface area contributed by atoms with Crippen LogP contribution in [0.4, 0.5) is 5.69 Å². The summed E-state index contributed by atoms with van der Waals surface area (Å²) in [7, 11) is 0. The highest BCUT2D eigenvalue weighted by Gasteiger charge is 2.10. The van der Waals surface area contributed by atoms with Gasteiger partial charge in [-0.1, -0.05) is 17.7 Å². The number of nitrogens with zero attached hydrogens (tertiary/aromatic N) is 4. The van der Waals surface area contributed by atoms with E-state index in [1.165, 1.54) is 0 Å². The Bertz CT molecular complexity index is 1180. The molecule has 30 heavy (non-hydrogen) atoms. The van der Waals surface area contributed by atoms with Gasteiger partial charge in [-0.2, -0.15) is 0 Å². The summed E-state index contributed by atoms with van der Waals surface area (Å²) in [5.74, 6) is 2.34. The Balaban J connectivity index is 1.42. The maximum Gasteiger partial charge on any atom is 0.255 e. The molecule has 0 aliphatic rings. The van der Waals surface area contributed by atoms with Gasteiger partial charge in [-0.3, -0.25) is 9.36 Å². The molecule has 7 nitrogen and oxygen atoms in total. The Morgan fingerprint density at radius 3 is 2.43 bits per heavy atom. The van der Waals surface area contributed by atoms with Gasteiger partial charge in [0.05, 0.1) is 0 Å². The number of hydrogen-bond donors (Lipinski definition) is 1. The van der Waals surface area contributed by atoms with E-state index in [1.807, 2.05) is 55.8 Å². The molecule has 0 unspecified atom stereocenters. The van der Waals surface area contributed by atoms with E-state index in [2.05, 4.69) is 20.5 Å². The van der Waals surface area contributed by atoms with Gasteiger partial charge in [-0.05, 0) is 62.7 Å². The van der Waals surface area contributed by atoms with Crippen LogP contribution >= 0.6 is 0 Å². The normalized spacial score (nSPS) is 10.6. The lowest BCUT2D eigenvalue weighted by atomic mass is 10.1. The van der Waals surface area contributed by atoms with Crippen LogP contribution in [0.25, 0.3) is 5.82 Å². The van der Waals surface area contributed by atoms with Gasteiger partial charge in [-0.25, -0.2) is 4.98 Å². The average Bonchev–Trinajstić information content (AvgIpc) is 3.17. The molecule has 0 saturated heterocycles. The third kappa shape index (κ3) is 4.20. The fraction of sp³-hybridized carbons (Fsp3) is 0.130. The zero-order valence-corrected chi connectivity index (χ0v) is 17.0. The van der Waals surface area contributed by atoms with E-state index in [0.717, 1.165) is 17.0 Å². The zero-order valence-electron chi connectivity index (χ0n) is 17.0. The highest BCUT2D eigenvalue weighted by molar-refractivity contribution is 6.05. The van der Waals surface area contributed by atoms with Gasteiger partial charge in [0.15, 0.2) is 5.82 Å². The van der Waals surface area contributed by atoms with Gasteiger partial charge in [0, 0.05) is 29.7 Å². The third-order valence-electron chi connectivity index (χ3n) is 4.67. The Morgan fingerprint density at radius 2 is 1.77 bits per heavy atom. The van der Waals surface area contributed by atoms with Gasteiger partial charge in [-0.15, -0.1) is 10.2 Å². The van der Waals surface area contributed by atoms with Crippen molar-refractivity contribution >= 4 is 11.6 Å². The quantitative estimate of drug-likeness (QED) is 0.529. The molecule has 7 heteroatoms. The predicted molar refractivity (Wildman–Crippen MR) is 114 cm³/mol. The summed E-state index contributed by atoms with van der Waals surface area (Å²) in [6.07, 6.45) is 3.53. The second-order valence-electron chi connectivity index (χ2n) is 6.97. The monoisotopic (exact) mass is 399 g/mol. The smallest absolute Gasteiger partial charge is 0.255 e. The first-order valence-corrected chi connectivity index (χ1v) is 9.50. The van der Waals surface area contributed by atoms with E-state index >= 15 is 0 Å². The maximum atomic E-state index is 12.5. The minimum Gasteiger partial charge on any atom is -0.438 e. The zero-order chi connectivity index (χ0) is 21.1. The largest absolute Gasteiger partial charge is 0.438 e. The molecule has 0 aliphatic heterocycles. The highest BCUT2D eigenvalue weighted by Crippen LogP contribution is 2.22. The molecule has 1 amide bonds. The topological polar surface area (TPSA) is 81.9 Å². The average molecular weight is 399 g/mol. The van der Waals surface area contributed by atoms with E-state index in [4.69, 9.17) is 4.74 Å². The number of imidazole rings is 1. The van der Waals surface area contributed by atoms with Crippen LogP contribution in [0.2, 0.25) is 0 Å². The van der Waals surface area contributed by atoms with Crippen molar-refractivity contribution in [1.29, 1.82) is 0 Å². The molecule has 0 saturated carbocycles. The summed E-state index contributed by atoms with van der Waals surface area (Å²) in [6, 6.07) is 16.5. The fourth-order valence-corrected chi connectivity index (χ4v) is 3.02. The lowest BCUT2D eigenvalue weighted by Crippen LogP contribution is -2.13. The predicted octanol–water partition coefficient (Wildman–Crippen LogP) is 4.63. The molecule has 0 bridgehead atoms. The Labute approximate surface area is 174 Å². The van der Waals surface area contributed by atoms with Gasteiger partial charge in [0.25, 0.3) is 5.91 Å². The number of ether oxygens (including phenoxy) is 1. The SMILES string of the molecule is Cc1ccc(C)c(C(=O)Nc2ccc(Oc3ccc(-n4ccnc4C)nn3)cc2)c1. The molecule has 0 atom stereocenters. The van der Waals surface area contributed by atoms with Crippen LogP contribution in [0, 0.1) is 20.8 Å². The summed E-state index contributed by atoms with van der Waals surface area (Å²) in [4.78, 5) is 16.7. The number of carbonyl (C=O) groups excluding carboxylic acids is 1. The second-order valence-corrected chi connectivity index (χ2v) is 6.97. The van der Waals surface area contributed by atoms with Gasteiger partial charge >= 0.3 is 0 Å². The Hall–Kier alpha value is -4.00. The summed E-state index contributed by atoms with van der Waals surface area (Å²) in [6.45, 7) is 5.78. The first kappa shape index (κ1) is 19.3. The van der Waals surface area contributed by atoms with Crippen LogP contribution in [-0.4, -0.2) is 25.7 Å². The Kier molecular flexibility index (Phi) is 5.26. The van der Waals surface area contributed by atoms with Crippen molar-refractivity contribution in [2.45, 2.75) is 20.8 Å². The first-order chi connectivity index (χ1) is 14.5. The molecule has 4 rings (SSSR count). The summed E-state index contributed by atoms with van der Waals surface area (Å²) >= 11 is 0. The van der Waals surface area contributed by atoms with Crippen molar-refractivity contribution in [2.24, 2.45) is 0 Å². The molecule has 150 valence electrons. The van der Waals surface area contributed by atoms with Crippen LogP contribution in [-0.2, 0) is 0 Å². The van der Waals surface area contributed by atoms with E-state index in [1.54, 1.807) is 36.5 Å². The minimum absolute atomic E-state index is 0.138. The number of anilines is 1. The molecular formula is C23H21N5O2. The molecule has 2 aromatic carbocycles. The number of amides is 1. The molecule has 0 spiro atoms. The van der Waals surface area contributed by atoms with Gasteiger partial charge < -0.3 is 10.1 Å². The maximum absolute atomic E-state index is 12.5. The molecule has 0 aliphatic carbocycles. The summed E-state index contributed by atoms with van der Waals surface area (Å²) < 4.78 is 7.59. The standard InChI is InChI=1S/C23H21N5O2/c1-15-4-5-16(2)20(14-15)23(29)25-18-6-8-19(9-7-18)30-22-11-10-21(26-27-22)28-13-12-24-17(28)3/h4-14H,1-3H3,(H,25,29). The number of benzene rings is 2. The van der Waals surface area contributed by atoms with Crippen molar-refractivity contribution in [3.8, 4) is 17.4 Å². The number of aryl methyl sites for hydroxylation is 3. The molecular weight excluding hydrogens is 378 g/mol. The van der Waals surface area contributed by atoms with Gasteiger partial charge in [0.2, 0.25) is 5.88 Å². The van der Waals surface area contributed by atoms with Crippen LogP contribution in [0.3, 0.4) is 0 Å². The van der Waals surface area contributed by atoms with E-state index < -0.39 is 0 Å². The summed E-state index contributed by atoms with van der Waals surface area (Å²) in [5, 5.41) is 11.2. The van der Waals surface area contributed by atoms with E-state index in [0.29, 0.717) is 28.7 Å². The van der Waals surface area contributed by atoms with Crippen LogP contribution in [0.15, 0.2) is 67.0 Å². The number of aromatic nitrogens is 4. The molecule has 1 N–H and O–H groups in total. The third-order valence-corrected chi connectivity index (χ3v) is 4.67. The molecule has 0 radical (unpaired) electrons. The van der Waals surface area contributed by atoms with E-state index in [-0.39, 0.29) is 5.91 Å². The molecule has 2 heterocycles. The van der Waals surface area contributed by atoms with Crippen LogP contribution in [0.5, 0.6) is 11.6 Å². The van der Waals surface area contributed by atoms with E-state index in [9.17, 15) is 4.79 Å². The lowest BCUT2D eigenvalue weighted by molar-refractivity contribution is 0.102. The second kappa shape index (κ2) is 8.16. The highest BCUT2D eigenvalue weighted by atomic mass is 16.5. The molecule has 4 aromatic rings. The number of rotatable bonds is 5. The molecule has 2 aromatic heterocycles.